The second kappa shape index (κ2) is 20.8. The quantitative estimate of drug-likeness (QED) is 0.0560. The first-order valence-corrected chi connectivity index (χ1v) is 17.0. The molecule has 9 aromatic rings. The summed E-state index contributed by atoms with van der Waals surface area (Å²) in [7, 11) is 4.47. The number of nitrogens with zero attached hydrogens (tertiary/aromatic N) is 1. The molecule has 0 saturated carbocycles. The predicted octanol–water partition coefficient (Wildman–Crippen LogP) is 6.20. The number of fused-ring (bicyclic) bond motifs is 9. The Kier molecular flexibility index (Phi) is 17.1. The Hall–Kier alpha value is -2.29. The predicted molar refractivity (Wildman–Crippen MR) is 212 cm³/mol. The summed E-state index contributed by atoms with van der Waals surface area (Å²) >= 11 is 12.1. The molecule has 0 amide bonds. The molecule has 0 aliphatic rings. The minimum Gasteiger partial charge on any atom is -1.00 e. The Morgan fingerprint density at radius 2 is 1.19 bits per heavy atom. The molecule has 1 N–H and O–H groups in total. The molecule has 54 heavy (non-hydrogen) atoms. The first kappa shape index (κ1) is 44.4. The number of phenols is 1. The van der Waals surface area contributed by atoms with Crippen LogP contribution in [0.1, 0.15) is 1.43 Å². The summed E-state index contributed by atoms with van der Waals surface area (Å²) < 4.78 is 23.6. The minimum atomic E-state index is -0.524. The molecule has 0 fully saturated rings. The molecular formula is C42H29Cl2FK2NO5P. The maximum Gasteiger partial charge on any atom is 1.00 e. The van der Waals surface area contributed by atoms with Gasteiger partial charge in [0.25, 0.3) is 6.47 Å². The van der Waals surface area contributed by atoms with Gasteiger partial charge in [0.1, 0.15) is 17.1 Å². The van der Waals surface area contributed by atoms with Gasteiger partial charge in [0, 0.05) is 28.9 Å². The van der Waals surface area contributed by atoms with Crippen LogP contribution in [-0.2, 0) is 9.68 Å². The van der Waals surface area contributed by atoms with Crippen LogP contribution < -0.4 is 108 Å². The Morgan fingerprint density at radius 1 is 0.685 bits per heavy atom. The van der Waals surface area contributed by atoms with Gasteiger partial charge in [-0.15, -0.1) is 0 Å². The van der Waals surface area contributed by atoms with Crippen molar-refractivity contribution < 1.29 is 133 Å². The van der Waals surface area contributed by atoms with Crippen LogP contribution in [0.3, 0.4) is 0 Å². The molecule has 12 heteroatoms. The van der Waals surface area contributed by atoms with Crippen LogP contribution >= 0.6 is 32.2 Å². The number of carbonyl (C=O) groups excluding carboxylic acids is 1. The van der Waals surface area contributed by atoms with Gasteiger partial charge in [0.2, 0.25) is 0 Å². The van der Waals surface area contributed by atoms with Gasteiger partial charge in [-0.2, -0.15) is 0 Å². The van der Waals surface area contributed by atoms with Crippen LogP contribution in [0.4, 0.5) is 4.39 Å². The molecule has 0 saturated heterocycles. The number of aromatic hydroxyl groups is 1. The van der Waals surface area contributed by atoms with E-state index in [1.54, 1.807) is 25.2 Å². The van der Waals surface area contributed by atoms with Gasteiger partial charge in [-0.25, -0.2) is 4.39 Å². The van der Waals surface area contributed by atoms with Gasteiger partial charge in [0.15, 0.2) is 5.58 Å². The van der Waals surface area contributed by atoms with E-state index in [0.717, 1.165) is 43.5 Å². The fourth-order valence-corrected chi connectivity index (χ4v) is 6.62. The SMILES string of the molecule is CN=P.Clc1cccc2c1oc1cc3ccc4ccccc4c3cc12.O=CO[O-].Oc1cc2ccc3ccccc3c2cc1-c1cccc(Cl)c1F.[H-].[K+].[K+]. The number of benzene rings is 8. The molecule has 6 nitrogen and oxygen atoms in total. The molecule has 1 aromatic heterocycles. The number of furan rings is 1. The van der Waals surface area contributed by atoms with Crippen molar-refractivity contribution in [3.8, 4) is 16.9 Å². The molecule has 260 valence electrons. The van der Waals surface area contributed by atoms with Crippen LogP contribution in [0.25, 0.3) is 76.2 Å². The Labute approximate surface area is 408 Å². The summed E-state index contributed by atoms with van der Waals surface area (Å²) in [5.41, 5.74) is 2.38. The van der Waals surface area contributed by atoms with Gasteiger partial charge >= 0.3 is 103 Å². The molecule has 0 unspecified atom stereocenters. The van der Waals surface area contributed by atoms with Crippen molar-refractivity contribution >= 4 is 104 Å². The Morgan fingerprint density at radius 3 is 1.80 bits per heavy atom. The molecule has 1 heterocycles. The van der Waals surface area contributed by atoms with Crippen molar-refractivity contribution in [3.05, 3.63) is 149 Å². The monoisotopic (exact) mass is 825 g/mol. The maximum absolute atomic E-state index is 14.3. The van der Waals surface area contributed by atoms with Crippen molar-refractivity contribution in [3.63, 3.8) is 0 Å². The van der Waals surface area contributed by atoms with Gasteiger partial charge in [0.05, 0.1) is 10.0 Å². The third kappa shape index (κ3) is 9.62. The van der Waals surface area contributed by atoms with Gasteiger partial charge in [-0.05, 0) is 88.5 Å². The Balaban J connectivity index is 0.000000242. The summed E-state index contributed by atoms with van der Waals surface area (Å²) in [6.07, 6.45) is 0. The molecule has 8 aromatic carbocycles. The molecule has 0 aliphatic carbocycles. The standard InChI is InChI=1S/C20H12ClFO.C20H11ClO.CH4NP.CH2O3.2K.H/c21-18-7-3-6-15(20(18)22)17-11-16-13(10-19(17)23)9-8-12-4-1-2-5-14(12)16;21-18-7-3-6-15-17-11-16-13(10-19(17)22-20(15)18)9-8-12-4-1-2-5-14(12)16;1-2-3;2-1-4-3;;;/h1-11,23H;1-11H;3H,1H3;1,3H;;;/q;;;;2*+1;-1/p-1. The number of rotatable bonds is 2. The van der Waals surface area contributed by atoms with E-state index in [4.69, 9.17) is 37.7 Å². The number of hydrogen-bond donors (Lipinski definition) is 1. The third-order valence-electron chi connectivity index (χ3n) is 8.46. The smallest absolute Gasteiger partial charge is 1.00 e. The van der Waals surface area contributed by atoms with Crippen LogP contribution in [-0.4, -0.2) is 18.6 Å². The van der Waals surface area contributed by atoms with E-state index in [-0.39, 0.29) is 121 Å². The summed E-state index contributed by atoms with van der Waals surface area (Å²) in [6.45, 7) is -0.181. The average molecular weight is 827 g/mol. The van der Waals surface area contributed by atoms with Crippen LogP contribution in [0.5, 0.6) is 5.75 Å². The van der Waals surface area contributed by atoms with E-state index in [2.05, 4.69) is 73.3 Å². The summed E-state index contributed by atoms with van der Waals surface area (Å²) in [5.74, 6) is -0.488. The van der Waals surface area contributed by atoms with E-state index in [1.165, 1.54) is 27.6 Å². The Bertz CT molecular complexity index is 2770. The second-order valence-corrected chi connectivity index (χ2v) is 12.7. The van der Waals surface area contributed by atoms with Gasteiger partial charge in [-0.3, -0.25) is 9.54 Å². The van der Waals surface area contributed by atoms with E-state index >= 15 is 0 Å². The zero-order valence-corrected chi connectivity index (χ0v) is 38.2. The van der Waals surface area contributed by atoms with Crippen LogP contribution in [0.2, 0.25) is 10.0 Å². The molecule has 0 spiro atoms. The van der Waals surface area contributed by atoms with E-state index in [1.807, 2.05) is 54.6 Å². The van der Waals surface area contributed by atoms with E-state index in [9.17, 15) is 9.50 Å². The van der Waals surface area contributed by atoms with Crippen molar-refractivity contribution in [2.45, 2.75) is 0 Å². The van der Waals surface area contributed by atoms with Crippen molar-refractivity contribution in [2.24, 2.45) is 4.74 Å². The van der Waals surface area contributed by atoms with Crippen LogP contribution in [0.15, 0.2) is 143 Å². The van der Waals surface area contributed by atoms with Crippen molar-refractivity contribution in [2.75, 3.05) is 7.05 Å². The zero-order chi connectivity index (χ0) is 36.8. The first-order chi connectivity index (χ1) is 25.3. The fourth-order valence-electron chi connectivity index (χ4n) is 6.23. The van der Waals surface area contributed by atoms with Crippen LogP contribution in [0, 0.1) is 5.82 Å². The maximum atomic E-state index is 14.3. The molecule has 0 radical (unpaired) electrons. The average Bonchev–Trinajstić information content (AvgIpc) is 3.54. The number of para-hydroxylation sites is 1. The normalized spacial score (nSPS) is 10.2. The van der Waals surface area contributed by atoms with E-state index < -0.39 is 5.82 Å². The molecule has 9 rings (SSSR count). The number of hydrogen-bond acceptors (Lipinski definition) is 6. The largest absolute Gasteiger partial charge is 1.00 e. The topological polar surface area (TPSA) is 95.1 Å². The molecular weight excluding hydrogens is 798 g/mol. The minimum absolute atomic E-state index is 0. The second-order valence-electron chi connectivity index (χ2n) is 11.5. The van der Waals surface area contributed by atoms with E-state index in [0.29, 0.717) is 16.1 Å². The van der Waals surface area contributed by atoms with Gasteiger partial charge < -0.3 is 21.1 Å². The molecule has 0 aliphatic heterocycles. The fraction of sp³-hybridized carbons (Fsp3) is 0.0238. The number of halogens is 3. The number of phenolic OH excluding ortho intramolecular Hbond substituents is 1. The molecule has 0 atom stereocenters. The number of carbonyl (C=O) groups is 1. The van der Waals surface area contributed by atoms with Crippen molar-refractivity contribution in [1.82, 2.24) is 0 Å². The summed E-state index contributed by atoms with van der Waals surface area (Å²) in [6, 6.07) is 43.2. The third-order valence-corrected chi connectivity index (χ3v) is 9.05. The summed E-state index contributed by atoms with van der Waals surface area (Å²) in [4.78, 5) is 11.2. The first-order valence-electron chi connectivity index (χ1n) is 15.8. The zero-order valence-electron chi connectivity index (χ0n) is 30.4. The molecule has 0 bridgehead atoms. The van der Waals surface area contributed by atoms with Crippen molar-refractivity contribution in [1.29, 1.82) is 0 Å². The van der Waals surface area contributed by atoms with Gasteiger partial charge in [-0.1, -0.05) is 120 Å². The summed E-state index contributed by atoms with van der Waals surface area (Å²) in [5, 5.41) is 30.6.